The average molecular weight is 377 g/mol. The fraction of sp³-hybridized carbons (Fsp3) is 0.526. The van der Waals surface area contributed by atoms with E-state index in [1.54, 1.807) is 19.0 Å². The largest absolute Gasteiger partial charge is 0.486 e. The minimum Gasteiger partial charge on any atom is -0.486 e. The van der Waals surface area contributed by atoms with E-state index in [0.717, 1.165) is 29.7 Å². The van der Waals surface area contributed by atoms with E-state index >= 15 is 0 Å². The van der Waals surface area contributed by atoms with Crippen molar-refractivity contribution in [2.45, 2.75) is 50.8 Å². The van der Waals surface area contributed by atoms with E-state index in [2.05, 4.69) is 28.6 Å². The second-order valence-corrected chi connectivity index (χ2v) is 8.14. The number of carbonyl (C=O) groups excluding carboxylic acids is 1. The zero-order valence-corrected chi connectivity index (χ0v) is 17.0. The number of para-hydroxylation sites is 1. The van der Waals surface area contributed by atoms with E-state index in [-0.39, 0.29) is 11.2 Å². The molecule has 0 aliphatic heterocycles. The van der Waals surface area contributed by atoms with Crippen molar-refractivity contribution in [3.8, 4) is 5.75 Å². The zero-order valence-electron chi connectivity index (χ0n) is 16.2. The first kappa shape index (κ1) is 20.3. The molecule has 0 aliphatic carbocycles. The minimum atomic E-state index is -0.213. The van der Waals surface area contributed by atoms with Gasteiger partial charge in [0.2, 0.25) is 5.91 Å². The maximum atomic E-state index is 12.2. The number of hydrogen-bond acceptors (Lipinski definition) is 5. The van der Waals surface area contributed by atoms with Gasteiger partial charge in [-0.1, -0.05) is 43.8 Å². The van der Waals surface area contributed by atoms with Gasteiger partial charge in [-0.15, -0.1) is 10.2 Å². The van der Waals surface area contributed by atoms with Gasteiger partial charge in [0.1, 0.15) is 12.4 Å². The number of benzene rings is 1. The van der Waals surface area contributed by atoms with E-state index in [1.807, 2.05) is 37.3 Å². The number of amides is 1. The monoisotopic (exact) mass is 376 g/mol. The summed E-state index contributed by atoms with van der Waals surface area (Å²) in [6.45, 7) is 7.44. The summed E-state index contributed by atoms with van der Waals surface area (Å²) in [4.78, 5) is 13.8. The van der Waals surface area contributed by atoms with Gasteiger partial charge in [0.15, 0.2) is 11.0 Å². The smallest absolute Gasteiger partial charge is 0.235 e. The molecule has 1 unspecified atom stereocenters. The van der Waals surface area contributed by atoms with Gasteiger partial charge in [0, 0.05) is 20.6 Å². The molecule has 0 spiro atoms. The number of hydrogen-bond donors (Lipinski definition) is 0. The lowest BCUT2D eigenvalue weighted by Crippen LogP contribution is -2.30. The van der Waals surface area contributed by atoms with Crippen molar-refractivity contribution < 1.29 is 9.53 Å². The standard InChI is InChI=1S/C19H28N4O2S/c1-14(2)11-12-23-17(13-25-16-9-7-6-8-10-16)20-21-19(23)26-15(3)18(24)22(4)5/h6-10,14-15H,11-13H2,1-5H3. The fourth-order valence-corrected chi connectivity index (χ4v) is 3.40. The molecular weight excluding hydrogens is 348 g/mol. The van der Waals surface area contributed by atoms with Crippen LogP contribution in [0.1, 0.15) is 33.0 Å². The first-order chi connectivity index (χ1) is 12.4. The minimum absolute atomic E-state index is 0.0653. The van der Waals surface area contributed by atoms with Crippen molar-refractivity contribution in [2.24, 2.45) is 5.92 Å². The summed E-state index contributed by atoms with van der Waals surface area (Å²) in [5.41, 5.74) is 0. The van der Waals surface area contributed by atoms with Gasteiger partial charge < -0.3 is 14.2 Å². The molecule has 7 heteroatoms. The van der Waals surface area contributed by atoms with Crippen molar-refractivity contribution in [2.75, 3.05) is 14.1 Å². The fourth-order valence-electron chi connectivity index (χ4n) is 2.36. The van der Waals surface area contributed by atoms with Crippen LogP contribution in [0.5, 0.6) is 5.75 Å². The van der Waals surface area contributed by atoms with Crippen LogP contribution in [0.2, 0.25) is 0 Å². The van der Waals surface area contributed by atoms with Crippen LogP contribution in [0.15, 0.2) is 35.5 Å². The predicted octanol–water partition coefficient (Wildman–Crippen LogP) is 3.47. The van der Waals surface area contributed by atoms with E-state index in [9.17, 15) is 4.79 Å². The van der Waals surface area contributed by atoms with Gasteiger partial charge in [0.25, 0.3) is 0 Å². The number of thioether (sulfide) groups is 1. The Hall–Kier alpha value is -2.02. The van der Waals surface area contributed by atoms with Crippen LogP contribution in [-0.4, -0.2) is 44.9 Å². The first-order valence-electron chi connectivity index (χ1n) is 8.86. The highest BCUT2D eigenvalue weighted by atomic mass is 32.2. The van der Waals surface area contributed by atoms with Gasteiger partial charge >= 0.3 is 0 Å². The van der Waals surface area contributed by atoms with E-state index in [0.29, 0.717) is 12.5 Å². The third-order valence-electron chi connectivity index (χ3n) is 3.91. The SMILES string of the molecule is CC(C)CCn1c(COc2ccccc2)nnc1SC(C)C(=O)N(C)C. The number of carbonyl (C=O) groups is 1. The third kappa shape index (κ3) is 5.76. The summed E-state index contributed by atoms with van der Waals surface area (Å²) in [5.74, 6) is 2.22. The Balaban J connectivity index is 2.14. The number of nitrogens with zero attached hydrogens (tertiary/aromatic N) is 4. The molecule has 0 saturated carbocycles. The number of aromatic nitrogens is 3. The van der Waals surface area contributed by atoms with Gasteiger partial charge in [-0.25, -0.2) is 0 Å². The second-order valence-electron chi connectivity index (χ2n) is 6.83. The Morgan fingerprint density at radius 1 is 1.19 bits per heavy atom. The topological polar surface area (TPSA) is 60.2 Å². The molecule has 0 radical (unpaired) electrons. The highest BCUT2D eigenvalue weighted by Crippen LogP contribution is 2.25. The van der Waals surface area contributed by atoms with Crippen molar-refractivity contribution in [1.82, 2.24) is 19.7 Å². The van der Waals surface area contributed by atoms with Crippen LogP contribution < -0.4 is 4.74 Å². The molecule has 26 heavy (non-hydrogen) atoms. The third-order valence-corrected chi connectivity index (χ3v) is 4.97. The number of rotatable bonds is 9. The van der Waals surface area contributed by atoms with Gasteiger partial charge in [0.05, 0.1) is 5.25 Å². The Bertz CT molecular complexity index is 701. The molecule has 1 amide bonds. The first-order valence-corrected chi connectivity index (χ1v) is 9.74. The van der Waals surface area contributed by atoms with Gasteiger partial charge in [-0.05, 0) is 31.4 Å². The lowest BCUT2D eigenvalue weighted by atomic mass is 10.1. The summed E-state index contributed by atoms with van der Waals surface area (Å²) in [6, 6.07) is 9.67. The number of ether oxygens (including phenoxy) is 1. The van der Waals surface area contributed by atoms with Crippen molar-refractivity contribution in [3.05, 3.63) is 36.2 Å². The molecule has 1 aromatic carbocycles. The normalized spacial score (nSPS) is 12.2. The van der Waals surface area contributed by atoms with Crippen molar-refractivity contribution in [1.29, 1.82) is 0 Å². The lowest BCUT2D eigenvalue weighted by molar-refractivity contribution is -0.127. The summed E-state index contributed by atoms with van der Waals surface area (Å²) < 4.78 is 7.91. The molecule has 1 atom stereocenters. The summed E-state index contributed by atoms with van der Waals surface area (Å²) in [7, 11) is 3.53. The highest BCUT2D eigenvalue weighted by molar-refractivity contribution is 8.00. The molecule has 142 valence electrons. The Morgan fingerprint density at radius 3 is 2.50 bits per heavy atom. The van der Waals surface area contributed by atoms with E-state index in [1.165, 1.54) is 11.8 Å². The van der Waals surface area contributed by atoms with Crippen molar-refractivity contribution >= 4 is 17.7 Å². The second kappa shape index (κ2) is 9.62. The Labute approximate surface area is 159 Å². The van der Waals surface area contributed by atoms with E-state index in [4.69, 9.17) is 4.74 Å². The molecule has 1 aromatic heterocycles. The molecule has 1 heterocycles. The molecular formula is C19H28N4O2S. The van der Waals surface area contributed by atoms with E-state index < -0.39 is 0 Å². The molecule has 6 nitrogen and oxygen atoms in total. The van der Waals surface area contributed by atoms with Crippen LogP contribution in [0.3, 0.4) is 0 Å². The van der Waals surface area contributed by atoms with Crippen LogP contribution in [0, 0.1) is 5.92 Å². The zero-order chi connectivity index (χ0) is 19.1. The Morgan fingerprint density at radius 2 is 1.88 bits per heavy atom. The van der Waals surface area contributed by atoms with Crippen LogP contribution >= 0.6 is 11.8 Å². The molecule has 0 saturated heterocycles. The lowest BCUT2D eigenvalue weighted by Gasteiger charge is -2.17. The molecule has 2 aromatic rings. The summed E-state index contributed by atoms with van der Waals surface area (Å²) in [6.07, 6.45) is 1.01. The quantitative estimate of drug-likeness (QED) is 0.627. The molecule has 0 bridgehead atoms. The Kier molecular flexibility index (Phi) is 7.50. The maximum absolute atomic E-state index is 12.2. The molecule has 0 fully saturated rings. The molecule has 0 N–H and O–H groups in total. The van der Waals surface area contributed by atoms with Gasteiger partial charge in [-0.2, -0.15) is 0 Å². The van der Waals surface area contributed by atoms with Crippen LogP contribution in [0.4, 0.5) is 0 Å². The summed E-state index contributed by atoms with van der Waals surface area (Å²) in [5, 5.41) is 9.17. The van der Waals surface area contributed by atoms with Gasteiger partial charge in [-0.3, -0.25) is 4.79 Å². The highest BCUT2D eigenvalue weighted by Gasteiger charge is 2.21. The van der Waals surface area contributed by atoms with Crippen LogP contribution in [0.25, 0.3) is 0 Å². The van der Waals surface area contributed by atoms with Crippen molar-refractivity contribution in [3.63, 3.8) is 0 Å². The average Bonchev–Trinajstić information content (AvgIpc) is 2.99. The molecule has 2 rings (SSSR count). The molecule has 0 aliphatic rings. The maximum Gasteiger partial charge on any atom is 0.235 e. The van der Waals surface area contributed by atoms with Crippen LogP contribution in [-0.2, 0) is 17.9 Å². The predicted molar refractivity (Wildman–Crippen MR) is 104 cm³/mol. The summed E-state index contributed by atoms with van der Waals surface area (Å²) >= 11 is 1.44.